The Kier molecular flexibility index (Phi) is 5.05. The Balaban J connectivity index is 1.81. The summed E-state index contributed by atoms with van der Waals surface area (Å²) in [6.45, 7) is -0.304. The van der Waals surface area contributed by atoms with E-state index in [0.29, 0.717) is 28.7 Å². The van der Waals surface area contributed by atoms with Gasteiger partial charge in [-0.3, -0.25) is 0 Å². The molecule has 0 aliphatic carbocycles. The van der Waals surface area contributed by atoms with Crippen LogP contribution in [0.3, 0.4) is 0 Å². The lowest BCUT2D eigenvalue weighted by molar-refractivity contribution is -0.143. The molecule has 0 fully saturated rings. The molecule has 27 heavy (non-hydrogen) atoms. The van der Waals surface area contributed by atoms with Gasteiger partial charge in [-0.15, -0.1) is 11.3 Å². The second-order valence-corrected chi connectivity index (χ2v) is 6.10. The predicted molar refractivity (Wildman–Crippen MR) is 83.9 cm³/mol. The van der Waals surface area contributed by atoms with Gasteiger partial charge in [0, 0.05) is 17.8 Å². The number of ether oxygens (including phenoxy) is 1. The van der Waals surface area contributed by atoms with E-state index in [9.17, 15) is 26.3 Å². The summed E-state index contributed by atoms with van der Waals surface area (Å²) >= 11 is 1.18. The topological polar surface area (TPSA) is 47.9 Å². The molecule has 0 saturated heterocycles. The van der Waals surface area contributed by atoms with Gasteiger partial charge in [0.2, 0.25) is 0 Å². The van der Waals surface area contributed by atoms with E-state index in [0.717, 1.165) is 0 Å². The molecule has 0 atom stereocenters. The van der Waals surface area contributed by atoms with E-state index >= 15 is 0 Å². The van der Waals surface area contributed by atoms with Crippen molar-refractivity contribution in [3.63, 3.8) is 0 Å². The highest BCUT2D eigenvalue weighted by Crippen LogP contribution is 2.38. The van der Waals surface area contributed by atoms with Crippen LogP contribution in [0.25, 0.3) is 10.8 Å². The summed E-state index contributed by atoms with van der Waals surface area (Å²) in [5.74, 6) is -0.199. The van der Waals surface area contributed by atoms with Crippen LogP contribution in [0.1, 0.15) is 16.8 Å². The van der Waals surface area contributed by atoms with Gasteiger partial charge >= 0.3 is 12.4 Å². The first-order chi connectivity index (χ1) is 12.6. The average Bonchev–Trinajstić information content (AvgIpc) is 3.08. The molecule has 142 valence electrons. The van der Waals surface area contributed by atoms with E-state index in [2.05, 4.69) is 15.0 Å². The third-order valence-corrected chi connectivity index (χ3v) is 4.14. The first-order valence-electron chi connectivity index (χ1n) is 7.27. The van der Waals surface area contributed by atoms with Gasteiger partial charge in [-0.05, 0) is 24.3 Å². The highest BCUT2D eigenvalue weighted by molar-refractivity contribution is 7.13. The van der Waals surface area contributed by atoms with Crippen molar-refractivity contribution >= 4 is 11.3 Å². The second kappa shape index (κ2) is 7.14. The van der Waals surface area contributed by atoms with Gasteiger partial charge in [-0.25, -0.2) is 15.0 Å². The molecule has 1 aromatic carbocycles. The molecule has 0 radical (unpaired) electrons. The molecule has 0 N–H and O–H groups in total. The first-order valence-corrected chi connectivity index (χ1v) is 8.15. The number of benzene rings is 1. The minimum atomic E-state index is -4.93. The number of alkyl halides is 6. The highest BCUT2D eigenvalue weighted by Gasteiger charge is 2.37. The summed E-state index contributed by atoms with van der Waals surface area (Å²) in [6, 6.07) is 2.69. The minimum Gasteiger partial charge on any atom is -0.487 e. The lowest BCUT2D eigenvalue weighted by Crippen LogP contribution is -2.11. The Labute approximate surface area is 152 Å². The zero-order valence-electron chi connectivity index (χ0n) is 13.2. The predicted octanol–water partition coefficient (Wildman–Crippen LogP) is 5.22. The Morgan fingerprint density at radius 2 is 1.48 bits per heavy atom. The molecule has 2 aromatic heterocycles. The van der Waals surface area contributed by atoms with Gasteiger partial charge in [0.05, 0.1) is 16.8 Å². The number of thiazole rings is 1. The van der Waals surface area contributed by atoms with E-state index in [1.54, 1.807) is 11.4 Å². The standard InChI is InChI=1S/C16H9F6N3OS/c17-15(18,19)9-4-10(16(20,21)22)6-12(5-9)26-7-11-8-27-14(25-11)13-23-2-1-3-24-13/h1-6,8H,7H2. The van der Waals surface area contributed by atoms with E-state index in [1.807, 2.05) is 0 Å². The molecule has 0 spiro atoms. The molecule has 0 saturated carbocycles. The molecule has 0 amide bonds. The molecule has 3 rings (SSSR count). The molecule has 0 bridgehead atoms. The van der Waals surface area contributed by atoms with Crippen LogP contribution in [0.15, 0.2) is 42.0 Å². The number of rotatable bonds is 4. The summed E-state index contributed by atoms with van der Waals surface area (Å²) < 4.78 is 82.2. The Morgan fingerprint density at radius 1 is 0.889 bits per heavy atom. The fourth-order valence-electron chi connectivity index (χ4n) is 2.05. The van der Waals surface area contributed by atoms with Crippen molar-refractivity contribution < 1.29 is 31.1 Å². The molecule has 11 heteroatoms. The van der Waals surface area contributed by atoms with Crippen molar-refractivity contribution in [3.05, 3.63) is 58.9 Å². The fraction of sp³-hybridized carbons (Fsp3) is 0.188. The van der Waals surface area contributed by atoms with Gasteiger partial charge in [0.25, 0.3) is 0 Å². The fourth-order valence-corrected chi connectivity index (χ4v) is 2.80. The molecule has 0 unspecified atom stereocenters. The number of hydrogen-bond acceptors (Lipinski definition) is 5. The largest absolute Gasteiger partial charge is 0.487 e. The Bertz CT molecular complexity index is 892. The van der Waals surface area contributed by atoms with Crippen molar-refractivity contribution in [1.82, 2.24) is 15.0 Å². The van der Waals surface area contributed by atoms with Crippen molar-refractivity contribution in [2.24, 2.45) is 0 Å². The van der Waals surface area contributed by atoms with Crippen LogP contribution in [-0.4, -0.2) is 15.0 Å². The molecular formula is C16H9F6N3OS. The summed E-state index contributed by atoms with van der Waals surface area (Å²) in [5, 5.41) is 2.01. The molecular weight excluding hydrogens is 396 g/mol. The van der Waals surface area contributed by atoms with Crippen LogP contribution in [0.2, 0.25) is 0 Å². The van der Waals surface area contributed by atoms with Gasteiger partial charge in [-0.1, -0.05) is 0 Å². The summed E-state index contributed by atoms with van der Waals surface area (Å²) in [6.07, 6.45) is -6.84. The van der Waals surface area contributed by atoms with Crippen molar-refractivity contribution in [1.29, 1.82) is 0 Å². The second-order valence-electron chi connectivity index (χ2n) is 5.25. The summed E-state index contributed by atoms with van der Waals surface area (Å²) in [4.78, 5) is 12.2. The smallest absolute Gasteiger partial charge is 0.416 e. The zero-order chi connectivity index (χ0) is 19.7. The quantitative estimate of drug-likeness (QED) is 0.559. The number of halogens is 6. The first kappa shape index (κ1) is 19.1. The van der Waals surface area contributed by atoms with E-state index in [4.69, 9.17) is 4.74 Å². The average molecular weight is 405 g/mol. The van der Waals surface area contributed by atoms with Crippen molar-refractivity contribution in [3.8, 4) is 16.6 Å². The normalized spacial score (nSPS) is 12.2. The third kappa shape index (κ3) is 4.73. The SMILES string of the molecule is FC(F)(F)c1cc(OCc2csc(-c3ncccn3)n2)cc(C(F)(F)F)c1. The zero-order valence-corrected chi connectivity index (χ0v) is 14.0. The minimum absolute atomic E-state index is 0.0422. The van der Waals surface area contributed by atoms with Crippen LogP contribution < -0.4 is 4.74 Å². The molecule has 0 aliphatic heterocycles. The molecule has 0 aliphatic rings. The van der Waals surface area contributed by atoms with Crippen LogP contribution in [0.4, 0.5) is 26.3 Å². The molecule has 3 aromatic rings. The summed E-state index contributed by atoms with van der Waals surface area (Å²) in [7, 11) is 0. The highest BCUT2D eigenvalue weighted by atomic mass is 32.1. The Morgan fingerprint density at radius 3 is 2.04 bits per heavy atom. The number of aromatic nitrogens is 3. The lowest BCUT2D eigenvalue weighted by Gasteiger charge is -2.14. The maximum absolute atomic E-state index is 12.8. The van der Waals surface area contributed by atoms with Gasteiger partial charge in [0.1, 0.15) is 12.4 Å². The van der Waals surface area contributed by atoms with Crippen LogP contribution >= 0.6 is 11.3 Å². The van der Waals surface area contributed by atoms with E-state index in [1.165, 1.54) is 23.7 Å². The van der Waals surface area contributed by atoms with Crippen LogP contribution in [-0.2, 0) is 19.0 Å². The van der Waals surface area contributed by atoms with Gasteiger partial charge < -0.3 is 4.74 Å². The third-order valence-electron chi connectivity index (χ3n) is 3.26. The van der Waals surface area contributed by atoms with Crippen LogP contribution in [0, 0.1) is 0 Å². The lowest BCUT2D eigenvalue weighted by atomic mass is 10.1. The maximum Gasteiger partial charge on any atom is 0.416 e. The Hall–Kier alpha value is -2.69. The number of hydrogen-bond donors (Lipinski definition) is 0. The van der Waals surface area contributed by atoms with Crippen LogP contribution in [0.5, 0.6) is 5.75 Å². The monoisotopic (exact) mass is 405 g/mol. The molecule has 4 nitrogen and oxygen atoms in total. The van der Waals surface area contributed by atoms with Gasteiger partial charge in [0.15, 0.2) is 10.8 Å². The molecule has 2 heterocycles. The van der Waals surface area contributed by atoms with Crippen molar-refractivity contribution in [2.45, 2.75) is 19.0 Å². The van der Waals surface area contributed by atoms with Crippen molar-refractivity contribution in [2.75, 3.05) is 0 Å². The van der Waals surface area contributed by atoms with E-state index in [-0.39, 0.29) is 12.7 Å². The van der Waals surface area contributed by atoms with Gasteiger partial charge in [-0.2, -0.15) is 26.3 Å². The number of nitrogens with zero attached hydrogens (tertiary/aromatic N) is 3. The van der Waals surface area contributed by atoms with E-state index < -0.39 is 29.2 Å². The summed E-state index contributed by atoms with van der Waals surface area (Å²) in [5.41, 5.74) is -2.55. The maximum atomic E-state index is 12.8.